The Balaban J connectivity index is 1.58. The summed E-state index contributed by atoms with van der Waals surface area (Å²) in [5.41, 5.74) is 0.278. The SMILES string of the molecule is COC(=O)c1ccc(CN2C(=O)N/C(=C\c3cc(OC)c(OCc4ccccc4Cl)c([N+](=O)[O-])c3)C2=O)o1. The van der Waals surface area contributed by atoms with Crippen LogP contribution in [0, 0.1) is 10.1 Å². The number of carbonyl (C=O) groups excluding carboxylic acids is 3. The molecule has 1 aliphatic heterocycles. The molecular weight excluding hydrogens is 522 g/mol. The summed E-state index contributed by atoms with van der Waals surface area (Å²) in [5, 5.41) is 14.7. The van der Waals surface area contributed by atoms with Gasteiger partial charge in [-0.3, -0.25) is 19.8 Å². The molecule has 0 unspecified atom stereocenters. The van der Waals surface area contributed by atoms with Crippen LogP contribution >= 0.6 is 11.6 Å². The minimum Gasteiger partial charge on any atom is -0.493 e. The van der Waals surface area contributed by atoms with Crippen molar-refractivity contribution in [1.29, 1.82) is 0 Å². The molecule has 0 radical (unpaired) electrons. The average Bonchev–Trinajstić information content (AvgIpc) is 3.48. The van der Waals surface area contributed by atoms with E-state index in [-0.39, 0.29) is 47.4 Å². The molecule has 1 saturated heterocycles. The third-order valence-electron chi connectivity index (χ3n) is 5.44. The highest BCUT2D eigenvalue weighted by Gasteiger charge is 2.35. The minimum absolute atomic E-state index is 0.0395. The van der Waals surface area contributed by atoms with Gasteiger partial charge in [0.05, 0.1) is 25.7 Å². The Morgan fingerprint density at radius 2 is 1.95 bits per heavy atom. The number of methoxy groups -OCH3 is 2. The standard InChI is InChI=1S/C25H20ClN3O9/c1-35-21-11-14(10-19(29(33)34)22(21)37-13-15-5-3-4-6-17(15)26)9-18-23(30)28(25(32)27-18)12-16-7-8-20(38-16)24(31)36-2/h3-11H,12-13H2,1-2H3,(H,27,32)/b18-9-. The van der Waals surface area contributed by atoms with Gasteiger partial charge in [-0.25, -0.2) is 9.59 Å². The molecule has 0 aliphatic carbocycles. The van der Waals surface area contributed by atoms with Gasteiger partial charge in [0, 0.05) is 16.7 Å². The Morgan fingerprint density at radius 1 is 1.18 bits per heavy atom. The first-order chi connectivity index (χ1) is 18.2. The van der Waals surface area contributed by atoms with E-state index in [1.807, 2.05) is 0 Å². The lowest BCUT2D eigenvalue weighted by atomic mass is 10.1. The molecule has 0 spiro atoms. The van der Waals surface area contributed by atoms with Crippen molar-refractivity contribution in [2.75, 3.05) is 14.2 Å². The number of urea groups is 1. The molecule has 0 saturated carbocycles. The van der Waals surface area contributed by atoms with Crippen LogP contribution in [0.4, 0.5) is 10.5 Å². The highest BCUT2D eigenvalue weighted by Crippen LogP contribution is 2.40. The summed E-state index contributed by atoms with van der Waals surface area (Å²) in [7, 11) is 2.50. The maximum absolute atomic E-state index is 12.9. The Morgan fingerprint density at radius 3 is 2.63 bits per heavy atom. The van der Waals surface area contributed by atoms with Crippen LogP contribution in [0.2, 0.25) is 5.02 Å². The van der Waals surface area contributed by atoms with Crippen LogP contribution in [-0.4, -0.2) is 42.0 Å². The van der Waals surface area contributed by atoms with E-state index >= 15 is 0 Å². The van der Waals surface area contributed by atoms with E-state index in [1.165, 1.54) is 44.6 Å². The highest BCUT2D eigenvalue weighted by molar-refractivity contribution is 6.31. The number of hydrogen-bond donors (Lipinski definition) is 1. The number of esters is 1. The van der Waals surface area contributed by atoms with Crippen LogP contribution in [0.15, 0.2) is 58.6 Å². The molecule has 3 aromatic rings. The molecule has 0 atom stereocenters. The number of halogens is 1. The van der Waals surface area contributed by atoms with Gasteiger partial charge in [0.1, 0.15) is 18.1 Å². The van der Waals surface area contributed by atoms with Crippen LogP contribution in [0.1, 0.15) is 27.4 Å². The van der Waals surface area contributed by atoms with Crippen molar-refractivity contribution in [2.24, 2.45) is 0 Å². The van der Waals surface area contributed by atoms with Crippen molar-refractivity contribution < 1.29 is 37.9 Å². The molecular formula is C25H20ClN3O9. The second-order valence-electron chi connectivity index (χ2n) is 7.85. The summed E-state index contributed by atoms with van der Waals surface area (Å²) in [6.07, 6.45) is 1.27. The van der Waals surface area contributed by atoms with Gasteiger partial charge in [-0.1, -0.05) is 29.8 Å². The molecule has 13 heteroatoms. The molecule has 2 heterocycles. The van der Waals surface area contributed by atoms with Crippen LogP contribution in [0.25, 0.3) is 6.08 Å². The van der Waals surface area contributed by atoms with E-state index in [9.17, 15) is 24.5 Å². The zero-order valence-corrected chi connectivity index (χ0v) is 20.8. The zero-order valence-electron chi connectivity index (χ0n) is 20.1. The predicted molar refractivity (Wildman–Crippen MR) is 133 cm³/mol. The van der Waals surface area contributed by atoms with Crippen molar-refractivity contribution in [2.45, 2.75) is 13.2 Å². The molecule has 196 valence electrons. The number of benzene rings is 2. The average molecular weight is 542 g/mol. The van der Waals surface area contributed by atoms with Crippen molar-refractivity contribution >= 4 is 41.3 Å². The lowest BCUT2D eigenvalue weighted by molar-refractivity contribution is -0.386. The molecule has 1 N–H and O–H groups in total. The molecule has 1 aromatic heterocycles. The minimum atomic E-state index is -0.738. The fourth-order valence-corrected chi connectivity index (χ4v) is 3.79. The van der Waals surface area contributed by atoms with Crippen LogP contribution in [0.5, 0.6) is 11.5 Å². The summed E-state index contributed by atoms with van der Waals surface area (Å²) in [6.45, 7) is -0.303. The zero-order chi connectivity index (χ0) is 27.4. The number of imide groups is 1. The fraction of sp³-hybridized carbons (Fsp3) is 0.160. The Hall–Kier alpha value is -4.84. The predicted octanol–water partition coefficient (Wildman–Crippen LogP) is 4.31. The summed E-state index contributed by atoms with van der Waals surface area (Å²) in [4.78, 5) is 49.0. The van der Waals surface area contributed by atoms with E-state index in [1.54, 1.807) is 24.3 Å². The molecule has 38 heavy (non-hydrogen) atoms. The van der Waals surface area contributed by atoms with Crippen LogP contribution in [-0.2, 0) is 22.7 Å². The topological polar surface area (TPSA) is 150 Å². The van der Waals surface area contributed by atoms with Gasteiger partial charge in [-0.2, -0.15) is 0 Å². The molecule has 4 rings (SSSR count). The van der Waals surface area contributed by atoms with Gasteiger partial charge in [0.15, 0.2) is 5.75 Å². The fourth-order valence-electron chi connectivity index (χ4n) is 3.60. The first kappa shape index (κ1) is 26.2. The Bertz CT molecular complexity index is 1460. The van der Waals surface area contributed by atoms with Crippen LogP contribution in [0.3, 0.4) is 0 Å². The molecule has 2 aromatic carbocycles. The first-order valence-corrected chi connectivity index (χ1v) is 11.3. The van der Waals surface area contributed by atoms with Crippen molar-refractivity contribution in [3.8, 4) is 11.5 Å². The summed E-state index contributed by atoms with van der Waals surface area (Å²) in [5.74, 6) is -1.40. The Kier molecular flexibility index (Phi) is 7.63. The number of rotatable bonds is 9. The van der Waals surface area contributed by atoms with Gasteiger partial charge in [0.25, 0.3) is 5.91 Å². The monoisotopic (exact) mass is 541 g/mol. The second-order valence-corrected chi connectivity index (χ2v) is 8.25. The normalized spacial score (nSPS) is 14.0. The van der Waals surface area contributed by atoms with Crippen LogP contribution < -0.4 is 14.8 Å². The maximum Gasteiger partial charge on any atom is 0.373 e. The van der Waals surface area contributed by atoms with Crippen molar-refractivity contribution in [3.63, 3.8) is 0 Å². The van der Waals surface area contributed by atoms with Gasteiger partial charge in [0.2, 0.25) is 11.5 Å². The lowest BCUT2D eigenvalue weighted by Gasteiger charge is -2.13. The van der Waals surface area contributed by atoms with E-state index in [2.05, 4.69) is 10.1 Å². The maximum atomic E-state index is 12.9. The number of carbonyl (C=O) groups is 3. The van der Waals surface area contributed by atoms with E-state index < -0.39 is 28.5 Å². The van der Waals surface area contributed by atoms with Gasteiger partial charge >= 0.3 is 17.7 Å². The number of nitro groups is 1. The van der Waals surface area contributed by atoms with Gasteiger partial charge in [-0.05, 0) is 35.9 Å². The van der Waals surface area contributed by atoms with Gasteiger partial charge < -0.3 is 23.9 Å². The smallest absolute Gasteiger partial charge is 0.373 e. The second kappa shape index (κ2) is 11.0. The summed E-state index contributed by atoms with van der Waals surface area (Å²) in [6, 6.07) is 11.6. The van der Waals surface area contributed by atoms with Crippen molar-refractivity contribution in [1.82, 2.24) is 10.2 Å². The van der Waals surface area contributed by atoms with Gasteiger partial charge in [-0.15, -0.1) is 0 Å². The largest absolute Gasteiger partial charge is 0.493 e. The number of amides is 3. The lowest BCUT2D eigenvalue weighted by Crippen LogP contribution is -2.30. The molecule has 1 aliphatic rings. The van der Waals surface area contributed by atoms with E-state index in [0.29, 0.717) is 10.6 Å². The third kappa shape index (κ3) is 5.44. The first-order valence-electron chi connectivity index (χ1n) is 11.0. The highest BCUT2D eigenvalue weighted by atomic mass is 35.5. The number of ether oxygens (including phenoxy) is 3. The number of furan rings is 1. The Labute approximate surface area is 220 Å². The molecule has 0 bridgehead atoms. The number of nitrogens with zero attached hydrogens (tertiary/aromatic N) is 2. The number of nitro benzene ring substituents is 1. The summed E-state index contributed by atoms with van der Waals surface area (Å²) >= 11 is 6.15. The molecule has 12 nitrogen and oxygen atoms in total. The number of nitrogens with one attached hydrogen (secondary N) is 1. The quantitative estimate of drug-likeness (QED) is 0.137. The van der Waals surface area contributed by atoms with E-state index in [4.69, 9.17) is 25.5 Å². The molecule has 1 fully saturated rings. The molecule has 3 amide bonds. The summed E-state index contributed by atoms with van der Waals surface area (Å²) < 4.78 is 20.9. The van der Waals surface area contributed by atoms with Crippen molar-refractivity contribution in [3.05, 3.63) is 92.0 Å². The third-order valence-corrected chi connectivity index (χ3v) is 5.81. The van der Waals surface area contributed by atoms with E-state index in [0.717, 1.165) is 4.90 Å². The number of hydrogen-bond acceptors (Lipinski definition) is 9.